The fraction of sp³-hybridized carbons (Fsp3) is 0.438. The van der Waals surface area contributed by atoms with Gasteiger partial charge in [-0.1, -0.05) is 36.4 Å². The van der Waals surface area contributed by atoms with Gasteiger partial charge in [0.2, 0.25) is 0 Å². The number of aryl methyl sites for hydroxylation is 1. The fourth-order valence-corrected chi connectivity index (χ4v) is 5.24. The van der Waals surface area contributed by atoms with Gasteiger partial charge in [-0.05, 0) is 97.7 Å². The van der Waals surface area contributed by atoms with E-state index in [-0.39, 0.29) is 0 Å². The van der Waals surface area contributed by atoms with Crippen LogP contribution in [0.25, 0.3) is 5.32 Å². The van der Waals surface area contributed by atoms with Gasteiger partial charge in [0.25, 0.3) is 0 Å². The molecule has 2 aromatic heterocycles. The molecule has 2 saturated heterocycles. The molecule has 3 aromatic rings. The molecule has 3 aliphatic rings. The van der Waals surface area contributed by atoms with Crippen LogP contribution in [-0.2, 0) is 18.6 Å². The Labute approximate surface area is 254 Å². The van der Waals surface area contributed by atoms with Crippen LogP contribution in [0.15, 0.2) is 70.6 Å². The number of rotatable bonds is 5. The highest BCUT2D eigenvalue weighted by Gasteiger charge is 2.62. The van der Waals surface area contributed by atoms with Crippen molar-refractivity contribution in [1.29, 1.82) is 0 Å². The van der Waals surface area contributed by atoms with E-state index in [4.69, 9.17) is 38.9 Å². The van der Waals surface area contributed by atoms with Gasteiger partial charge >= 0.3 is 14.2 Å². The highest BCUT2D eigenvalue weighted by molar-refractivity contribution is 6.68. The average Bonchev–Trinajstić information content (AvgIpc) is 3.43. The van der Waals surface area contributed by atoms with Crippen LogP contribution in [0, 0.1) is 6.92 Å². The Morgan fingerprint density at radius 3 is 1.51 bits per heavy atom. The fourth-order valence-electron chi connectivity index (χ4n) is 5.24. The molecule has 5 heterocycles. The monoisotopic (exact) mass is 578 g/mol. The third kappa shape index (κ3) is 5.44. The number of benzene rings is 1. The van der Waals surface area contributed by atoms with Crippen LogP contribution in [-0.4, -0.2) is 58.3 Å². The molecule has 2 fully saturated rings. The van der Waals surface area contributed by atoms with Crippen molar-refractivity contribution in [3.63, 3.8) is 0 Å². The van der Waals surface area contributed by atoms with Gasteiger partial charge in [-0.2, -0.15) is 0 Å². The molecule has 0 saturated carbocycles. The van der Waals surface area contributed by atoms with E-state index in [9.17, 15) is 0 Å². The average molecular weight is 578 g/mol. The third-order valence-corrected chi connectivity index (χ3v) is 9.16. The summed E-state index contributed by atoms with van der Waals surface area (Å²) in [6.07, 6.45) is 0. The first kappa shape index (κ1) is 29.7. The minimum atomic E-state index is -0.646. The van der Waals surface area contributed by atoms with Gasteiger partial charge in [0.1, 0.15) is 0 Å². The quantitative estimate of drug-likeness (QED) is 0.314. The molecule has 222 valence electrons. The second-order valence-electron chi connectivity index (χ2n) is 13.4. The lowest BCUT2D eigenvalue weighted by Crippen LogP contribution is -2.41. The van der Waals surface area contributed by atoms with Crippen molar-refractivity contribution in [1.82, 2.24) is 9.97 Å². The summed E-state index contributed by atoms with van der Waals surface area (Å²) in [5.74, 6) is 2.20. The van der Waals surface area contributed by atoms with E-state index >= 15 is 0 Å². The van der Waals surface area contributed by atoms with E-state index in [2.05, 4.69) is 4.98 Å². The SMILES string of the molecule is Cc1cccc(/N=C2\[N-]C(=Nc3cccc(C(B4OC(C)(C)C(C)(C)O4)B4OC(C)(C)C(C)(C)O4)n3)c3ccccc32)n1. The Morgan fingerprint density at radius 1 is 0.605 bits per heavy atom. The molecule has 3 aliphatic heterocycles. The maximum absolute atomic E-state index is 6.53. The number of fused-ring (bicyclic) bond motifs is 1. The van der Waals surface area contributed by atoms with E-state index in [1.54, 1.807) is 0 Å². The van der Waals surface area contributed by atoms with Crippen LogP contribution in [0.2, 0.25) is 0 Å². The minimum absolute atomic E-state index is 0.473. The first-order valence-corrected chi connectivity index (χ1v) is 14.8. The Balaban J connectivity index is 1.37. The molecule has 0 bridgehead atoms. The second kappa shape index (κ2) is 10.4. The zero-order valence-corrected chi connectivity index (χ0v) is 26.4. The summed E-state index contributed by atoms with van der Waals surface area (Å²) in [7, 11) is -1.29. The van der Waals surface area contributed by atoms with Crippen LogP contribution in [0.5, 0.6) is 0 Å². The Bertz CT molecular complexity index is 1550. The predicted octanol–water partition coefficient (Wildman–Crippen LogP) is 6.68. The summed E-state index contributed by atoms with van der Waals surface area (Å²) in [5.41, 5.74) is 0.751. The topological polar surface area (TPSA) is 102 Å². The Morgan fingerprint density at radius 2 is 1.05 bits per heavy atom. The van der Waals surface area contributed by atoms with Crippen LogP contribution in [0.4, 0.5) is 11.6 Å². The molecule has 0 unspecified atom stereocenters. The molecule has 0 amide bonds. The predicted molar refractivity (Wildman–Crippen MR) is 170 cm³/mol. The van der Waals surface area contributed by atoms with E-state index in [1.807, 2.05) is 123 Å². The first-order chi connectivity index (χ1) is 20.2. The molecule has 11 heteroatoms. The number of hydrogen-bond donors (Lipinski definition) is 0. The van der Waals surface area contributed by atoms with E-state index in [0.717, 1.165) is 16.8 Å². The lowest BCUT2D eigenvalue weighted by Gasteiger charge is -2.32. The van der Waals surface area contributed by atoms with Crippen molar-refractivity contribution in [2.75, 3.05) is 0 Å². The standard InChI is InChI=1S/C32H38B2N5O4/c1-20-14-12-18-24(35-20)37-27-21-15-10-11-16-22(21)28(39-27)38-25-19-13-17-23(36-25)26(33-40-29(2,3)30(4,5)41-33)34-42-31(6,7)32(8,9)43-34/h10-19,26H,1-9H3/q-1. The van der Waals surface area contributed by atoms with Crippen LogP contribution >= 0.6 is 0 Å². The van der Waals surface area contributed by atoms with E-state index in [0.29, 0.717) is 29.0 Å². The molecule has 0 N–H and O–H groups in total. The van der Waals surface area contributed by atoms with Crippen molar-refractivity contribution >= 4 is 37.5 Å². The lowest BCUT2D eigenvalue weighted by atomic mass is 9.50. The molecule has 43 heavy (non-hydrogen) atoms. The van der Waals surface area contributed by atoms with E-state index < -0.39 is 42.4 Å². The van der Waals surface area contributed by atoms with Gasteiger partial charge in [-0.3, -0.25) is 9.97 Å². The van der Waals surface area contributed by atoms with Crippen LogP contribution in [0.3, 0.4) is 0 Å². The van der Waals surface area contributed by atoms with Crippen molar-refractivity contribution < 1.29 is 18.6 Å². The van der Waals surface area contributed by atoms with Gasteiger partial charge in [-0.15, -0.1) is 0 Å². The van der Waals surface area contributed by atoms with Crippen LogP contribution < -0.4 is 0 Å². The molecular weight excluding hydrogens is 540 g/mol. The summed E-state index contributed by atoms with van der Waals surface area (Å²) in [6, 6.07) is 19.4. The first-order valence-electron chi connectivity index (χ1n) is 14.8. The van der Waals surface area contributed by atoms with Gasteiger partial charge < -0.3 is 33.9 Å². The van der Waals surface area contributed by atoms with Crippen molar-refractivity contribution in [2.45, 2.75) is 90.4 Å². The summed E-state index contributed by atoms with van der Waals surface area (Å²) < 4.78 is 26.1. The number of amidine groups is 2. The lowest BCUT2D eigenvalue weighted by molar-refractivity contribution is 0.00578. The molecule has 0 spiro atoms. The maximum atomic E-state index is 6.53. The molecule has 6 rings (SSSR count). The largest absolute Gasteiger partial charge is 0.465 e. The third-order valence-electron chi connectivity index (χ3n) is 9.16. The molecular formula is C32H38B2N5O4-. The van der Waals surface area contributed by atoms with Gasteiger partial charge in [0.15, 0.2) is 0 Å². The Hall–Kier alpha value is -3.37. The highest BCUT2D eigenvalue weighted by atomic mass is 16.7. The van der Waals surface area contributed by atoms with E-state index in [1.165, 1.54) is 0 Å². The molecule has 9 nitrogen and oxygen atoms in total. The maximum Gasteiger partial charge on any atom is 0.465 e. The summed E-state index contributed by atoms with van der Waals surface area (Å²) in [4.78, 5) is 19.1. The molecule has 0 aliphatic carbocycles. The van der Waals surface area contributed by atoms with Crippen molar-refractivity contribution in [2.24, 2.45) is 9.98 Å². The molecule has 0 atom stereocenters. The van der Waals surface area contributed by atoms with Gasteiger partial charge in [-0.25, -0.2) is 0 Å². The minimum Gasteiger partial charge on any atom is -0.403 e. The van der Waals surface area contributed by atoms with Gasteiger partial charge in [0.05, 0.1) is 39.8 Å². The van der Waals surface area contributed by atoms with Crippen LogP contribution in [0.1, 0.15) is 83.6 Å². The zero-order chi connectivity index (χ0) is 30.8. The highest BCUT2D eigenvalue weighted by Crippen LogP contribution is 2.46. The number of aromatic nitrogens is 2. The Kier molecular flexibility index (Phi) is 7.16. The number of aliphatic imine (C=N–C) groups is 2. The van der Waals surface area contributed by atoms with Gasteiger partial charge in [0, 0.05) is 23.1 Å². The summed E-state index contributed by atoms with van der Waals surface area (Å²) in [5, 5.41) is 4.80. The normalized spacial score (nSPS) is 23.3. The molecule has 1 aromatic carbocycles. The summed E-state index contributed by atoms with van der Waals surface area (Å²) >= 11 is 0. The number of hydrogen-bond acceptors (Lipinski definition) is 8. The molecule has 0 radical (unpaired) electrons. The number of pyridine rings is 2. The second-order valence-corrected chi connectivity index (χ2v) is 13.4. The summed E-state index contributed by atoms with van der Waals surface area (Å²) in [6.45, 7) is 18.2. The smallest absolute Gasteiger partial charge is 0.403 e. The van der Waals surface area contributed by atoms with Crippen molar-refractivity contribution in [3.8, 4) is 0 Å². The number of nitrogens with zero attached hydrogens (tertiary/aromatic N) is 5. The van der Waals surface area contributed by atoms with Crippen molar-refractivity contribution in [3.05, 3.63) is 88.5 Å². The zero-order valence-electron chi connectivity index (χ0n) is 26.4.